The van der Waals surface area contributed by atoms with Gasteiger partial charge in [-0.15, -0.1) is 0 Å². The van der Waals surface area contributed by atoms with Crippen molar-refractivity contribution in [3.8, 4) is 5.75 Å². The maximum atomic E-state index is 12.4. The van der Waals surface area contributed by atoms with Gasteiger partial charge in [0.05, 0.1) is 17.7 Å². The zero-order valence-electron chi connectivity index (χ0n) is 12.0. The first-order valence-corrected chi connectivity index (χ1v) is 7.45. The second-order valence-electron chi connectivity index (χ2n) is 4.95. The second-order valence-corrected chi connectivity index (χ2v) is 5.48. The molecule has 0 saturated carbocycles. The van der Waals surface area contributed by atoms with Crippen molar-refractivity contribution in [3.05, 3.63) is 24.3 Å². The molecule has 21 heavy (non-hydrogen) atoms. The van der Waals surface area contributed by atoms with E-state index >= 15 is 0 Å². The van der Waals surface area contributed by atoms with E-state index in [1.54, 1.807) is 12.1 Å². The van der Waals surface area contributed by atoms with Crippen LogP contribution in [0.25, 0.3) is 0 Å². The SMILES string of the molecule is CCC1OCCC1C(=O)Nc1ccccc1OCC(N)=S. The Balaban J connectivity index is 2.05. The van der Waals surface area contributed by atoms with Crippen LogP contribution in [-0.4, -0.2) is 30.2 Å². The summed E-state index contributed by atoms with van der Waals surface area (Å²) in [5.74, 6) is 0.412. The third-order valence-electron chi connectivity index (χ3n) is 3.46. The first-order valence-electron chi connectivity index (χ1n) is 7.04. The van der Waals surface area contributed by atoms with Gasteiger partial charge >= 0.3 is 0 Å². The monoisotopic (exact) mass is 308 g/mol. The van der Waals surface area contributed by atoms with Gasteiger partial charge in [-0.05, 0) is 25.0 Å². The largest absolute Gasteiger partial charge is 0.484 e. The molecule has 0 bridgehead atoms. The smallest absolute Gasteiger partial charge is 0.230 e. The highest BCUT2D eigenvalue weighted by Crippen LogP contribution is 2.28. The van der Waals surface area contributed by atoms with Gasteiger partial charge in [0.1, 0.15) is 17.3 Å². The molecule has 3 N–H and O–H groups in total. The highest BCUT2D eigenvalue weighted by Gasteiger charge is 2.33. The molecule has 1 aromatic rings. The molecule has 1 aliphatic rings. The zero-order chi connectivity index (χ0) is 15.2. The molecule has 5 nitrogen and oxygen atoms in total. The number of benzene rings is 1. The summed E-state index contributed by atoms with van der Waals surface area (Å²) < 4.78 is 11.1. The summed E-state index contributed by atoms with van der Waals surface area (Å²) >= 11 is 4.79. The summed E-state index contributed by atoms with van der Waals surface area (Å²) in [4.78, 5) is 12.6. The molecular weight excluding hydrogens is 288 g/mol. The summed E-state index contributed by atoms with van der Waals surface area (Å²) in [6.07, 6.45) is 1.58. The van der Waals surface area contributed by atoms with Gasteiger partial charge in [-0.1, -0.05) is 31.3 Å². The molecule has 1 fully saturated rings. The number of thiocarbonyl (C=S) groups is 1. The minimum absolute atomic E-state index is 0.00491. The fraction of sp³-hybridized carbons (Fsp3) is 0.467. The number of hydrogen-bond donors (Lipinski definition) is 2. The highest BCUT2D eigenvalue weighted by atomic mass is 32.1. The molecule has 0 aromatic heterocycles. The Morgan fingerprint density at radius 2 is 2.29 bits per heavy atom. The van der Waals surface area contributed by atoms with Crippen molar-refractivity contribution < 1.29 is 14.3 Å². The third kappa shape index (κ3) is 4.15. The fourth-order valence-electron chi connectivity index (χ4n) is 2.42. The van der Waals surface area contributed by atoms with E-state index in [2.05, 4.69) is 5.32 Å². The van der Waals surface area contributed by atoms with Crippen LogP contribution in [0.2, 0.25) is 0 Å². The predicted molar refractivity (Wildman–Crippen MR) is 85.5 cm³/mol. The molecular formula is C15H20N2O3S. The number of nitrogens with two attached hydrogens (primary N) is 1. The van der Waals surface area contributed by atoms with Crippen LogP contribution < -0.4 is 15.8 Å². The summed E-state index contributed by atoms with van der Waals surface area (Å²) in [5.41, 5.74) is 6.06. The summed E-state index contributed by atoms with van der Waals surface area (Å²) in [6, 6.07) is 7.24. The van der Waals surface area contributed by atoms with E-state index in [4.69, 9.17) is 27.4 Å². The molecule has 1 aromatic carbocycles. The van der Waals surface area contributed by atoms with Gasteiger partial charge in [-0.3, -0.25) is 4.79 Å². The second kappa shape index (κ2) is 7.38. The van der Waals surface area contributed by atoms with Gasteiger partial charge in [-0.2, -0.15) is 0 Å². The number of nitrogens with one attached hydrogen (secondary N) is 1. The lowest BCUT2D eigenvalue weighted by Gasteiger charge is -2.18. The molecule has 0 spiro atoms. The standard InChI is InChI=1S/C15H20N2O3S/c1-2-12-10(7-8-19-12)15(18)17-11-5-3-4-6-13(11)20-9-14(16)21/h3-6,10,12H,2,7-9H2,1H3,(H2,16,21)(H,17,18). The number of carbonyl (C=O) groups is 1. The molecule has 6 heteroatoms. The third-order valence-corrected chi connectivity index (χ3v) is 3.58. The van der Waals surface area contributed by atoms with E-state index < -0.39 is 0 Å². The van der Waals surface area contributed by atoms with E-state index in [1.165, 1.54) is 0 Å². The van der Waals surface area contributed by atoms with Crippen molar-refractivity contribution in [1.29, 1.82) is 0 Å². The number of hydrogen-bond acceptors (Lipinski definition) is 4. The van der Waals surface area contributed by atoms with E-state index in [0.717, 1.165) is 12.8 Å². The highest BCUT2D eigenvalue weighted by molar-refractivity contribution is 7.80. The molecule has 114 valence electrons. The van der Waals surface area contributed by atoms with Crippen LogP contribution in [0.3, 0.4) is 0 Å². The van der Waals surface area contributed by atoms with Crippen LogP contribution in [0.5, 0.6) is 5.75 Å². The average Bonchev–Trinajstić information content (AvgIpc) is 2.94. The van der Waals surface area contributed by atoms with Crippen molar-refractivity contribution in [2.75, 3.05) is 18.5 Å². The molecule has 1 saturated heterocycles. The molecule has 0 aliphatic carbocycles. The van der Waals surface area contributed by atoms with E-state index in [0.29, 0.717) is 18.0 Å². The topological polar surface area (TPSA) is 73.6 Å². The first-order chi connectivity index (χ1) is 10.1. The van der Waals surface area contributed by atoms with Crippen molar-refractivity contribution >= 4 is 28.8 Å². The van der Waals surface area contributed by atoms with E-state index in [9.17, 15) is 4.79 Å². The van der Waals surface area contributed by atoms with Gasteiger partial charge in [0, 0.05) is 6.61 Å². The lowest BCUT2D eigenvalue weighted by molar-refractivity contribution is -0.121. The Kier molecular flexibility index (Phi) is 5.52. The molecule has 2 atom stereocenters. The van der Waals surface area contributed by atoms with Gasteiger partial charge in [0.25, 0.3) is 0 Å². The number of amides is 1. The maximum absolute atomic E-state index is 12.4. The summed E-state index contributed by atoms with van der Waals surface area (Å²) in [5, 5.41) is 2.91. The van der Waals surface area contributed by atoms with Crippen molar-refractivity contribution in [3.63, 3.8) is 0 Å². The predicted octanol–water partition coefficient (Wildman–Crippen LogP) is 2.11. The number of rotatable bonds is 6. The molecule has 2 unspecified atom stereocenters. The van der Waals surface area contributed by atoms with Crippen LogP contribution in [0.15, 0.2) is 24.3 Å². The average molecular weight is 308 g/mol. The van der Waals surface area contributed by atoms with Gasteiger partial charge in [0.15, 0.2) is 0 Å². The molecule has 0 radical (unpaired) electrons. The number of para-hydroxylation sites is 2. The minimum atomic E-state index is -0.112. The number of ether oxygens (including phenoxy) is 2. The molecule has 1 aliphatic heterocycles. The number of anilines is 1. The van der Waals surface area contributed by atoms with Gasteiger partial charge < -0.3 is 20.5 Å². The summed E-state index contributed by atoms with van der Waals surface area (Å²) in [6.45, 7) is 2.80. The van der Waals surface area contributed by atoms with Crippen LogP contribution in [-0.2, 0) is 9.53 Å². The molecule has 1 heterocycles. The van der Waals surface area contributed by atoms with Crippen LogP contribution in [0.4, 0.5) is 5.69 Å². The summed E-state index contributed by atoms with van der Waals surface area (Å²) in [7, 11) is 0. The van der Waals surface area contributed by atoms with Crippen LogP contribution >= 0.6 is 12.2 Å². The van der Waals surface area contributed by atoms with Gasteiger partial charge in [0.2, 0.25) is 5.91 Å². The fourth-order valence-corrected chi connectivity index (χ4v) is 2.48. The van der Waals surface area contributed by atoms with Crippen molar-refractivity contribution in [1.82, 2.24) is 0 Å². The lowest BCUT2D eigenvalue weighted by atomic mass is 9.98. The zero-order valence-corrected chi connectivity index (χ0v) is 12.8. The Morgan fingerprint density at radius 1 is 1.52 bits per heavy atom. The Hall–Kier alpha value is -1.66. The Labute approximate surface area is 129 Å². The van der Waals surface area contributed by atoms with Crippen LogP contribution in [0, 0.1) is 5.92 Å². The van der Waals surface area contributed by atoms with Crippen molar-refractivity contribution in [2.45, 2.75) is 25.9 Å². The lowest BCUT2D eigenvalue weighted by Crippen LogP contribution is -2.29. The Morgan fingerprint density at radius 3 is 3.00 bits per heavy atom. The quantitative estimate of drug-likeness (QED) is 0.787. The van der Waals surface area contributed by atoms with Crippen molar-refractivity contribution in [2.24, 2.45) is 11.7 Å². The molecule has 1 amide bonds. The van der Waals surface area contributed by atoms with Gasteiger partial charge in [-0.25, -0.2) is 0 Å². The number of carbonyl (C=O) groups excluding carboxylic acids is 1. The van der Waals surface area contributed by atoms with E-state index in [1.807, 2.05) is 19.1 Å². The van der Waals surface area contributed by atoms with Crippen LogP contribution in [0.1, 0.15) is 19.8 Å². The molecule has 2 rings (SSSR count). The normalized spacial score (nSPS) is 21.0. The first kappa shape index (κ1) is 15.7. The van der Waals surface area contributed by atoms with E-state index in [-0.39, 0.29) is 29.5 Å². The minimum Gasteiger partial charge on any atom is -0.484 e. The maximum Gasteiger partial charge on any atom is 0.230 e. The Bertz CT molecular complexity index is 521.